The molecule has 0 aliphatic rings. The Kier molecular flexibility index (Phi) is 6.15. The molecule has 2 rings (SSSR count). The lowest BCUT2D eigenvalue weighted by atomic mass is 10.2. The van der Waals surface area contributed by atoms with Crippen molar-refractivity contribution in [2.45, 2.75) is 0 Å². The predicted octanol–water partition coefficient (Wildman–Crippen LogP) is 3.80. The van der Waals surface area contributed by atoms with Gasteiger partial charge in [-0.15, -0.1) is 0 Å². The van der Waals surface area contributed by atoms with E-state index in [0.29, 0.717) is 11.1 Å². The first-order valence-electron chi connectivity index (χ1n) is 6.53. The molecular weight excluding hydrogens is 414 g/mol. The van der Waals surface area contributed by atoms with E-state index in [9.17, 15) is 9.59 Å². The lowest BCUT2D eigenvalue weighted by molar-refractivity contribution is 0.0503. The molecule has 1 amide bonds. The quantitative estimate of drug-likeness (QED) is 0.584. The summed E-state index contributed by atoms with van der Waals surface area (Å²) in [5, 5.41) is 2.70. The molecule has 0 heterocycles. The molecule has 0 aliphatic carbocycles. The van der Waals surface area contributed by atoms with E-state index in [-0.39, 0.29) is 19.1 Å². The number of ether oxygens (including phenoxy) is 1. The number of hydrogen-bond acceptors (Lipinski definition) is 3. The van der Waals surface area contributed by atoms with Gasteiger partial charge in [-0.2, -0.15) is 0 Å². The zero-order valence-electron chi connectivity index (χ0n) is 11.5. The average molecular weight is 427 g/mol. The molecule has 0 aliphatic heterocycles. The maximum absolute atomic E-state index is 11.8. The Balaban J connectivity index is 1.74. The van der Waals surface area contributed by atoms with Gasteiger partial charge < -0.3 is 10.1 Å². The van der Waals surface area contributed by atoms with Gasteiger partial charge in [0.25, 0.3) is 5.91 Å². The van der Waals surface area contributed by atoms with Crippen LogP contribution in [-0.4, -0.2) is 25.0 Å². The highest BCUT2D eigenvalue weighted by atomic mass is 79.9. The van der Waals surface area contributed by atoms with E-state index in [2.05, 4.69) is 37.2 Å². The highest BCUT2D eigenvalue weighted by Gasteiger charge is 2.08. The van der Waals surface area contributed by atoms with Gasteiger partial charge in [0.05, 0.1) is 12.1 Å². The third-order valence-electron chi connectivity index (χ3n) is 2.81. The van der Waals surface area contributed by atoms with Crippen LogP contribution in [0.5, 0.6) is 0 Å². The first-order valence-corrected chi connectivity index (χ1v) is 8.11. The van der Waals surface area contributed by atoms with Crippen molar-refractivity contribution in [3.63, 3.8) is 0 Å². The minimum absolute atomic E-state index is 0.122. The Morgan fingerprint density at radius 3 is 1.91 bits per heavy atom. The fourth-order valence-electron chi connectivity index (χ4n) is 1.68. The summed E-state index contributed by atoms with van der Waals surface area (Å²) in [5.41, 5.74) is 1.03. The molecule has 22 heavy (non-hydrogen) atoms. The Bertz CT molecular complexity index is 595. The van der Waals surface area contributed by atoms with E-state index in [1.165, 1.54) is 0 Å². The molecule has 4 nitrogen and oxygen atoms in total. The molecule has 1 N–H and O–H groups in total. The third kappa shape index (κ3) is 4.96. The minimum atomic E-state index is -0.412. The van der Waals surface area contributed by atoms with Crippen LogP contribution in [0.25, 0.3) is 0 Å². The molecule has 0 spiro atoms. The standard InChI is InChI=1S/C16H13Br2NO3/c17-13-5-1-11(2-6-13)15(20)19-9-10-22-16(21)12-3-7-14(18)8-4-12/h1-8H,9-10H2,(H,19,20). The number of nitrogens with one attached hydrogen (secondary N) is 1. The molecule has 0 fully saturated rings. The van der Waals surface area contributed by atoms with Crippen molar-refractivity contribution in [1.29, 1.82) is 0 Å². The highest BCUT2D eigenvalue weighted by Crippen LogP contribution is 2.11. The van der Waals surface area contributed by atoms with Crippen molar-refractivity contribution in [2.75, 3.05) is 13.2 Å². The smallest absolute Gasteiger partial charge is 0.338 e. The topological polar surface area (TPSA) is 55.4 Å². The van der Waals surface area contributed by atoms with E-state index in [0.717, 1.165) is 8.95 Å². The fraction of sp³-hybridized carbons (Fsp3) is 0.125. The molecular formula is C16H13Br2NO3. The normalized spacial score (nSPS) is 10.1. The van der Waals surface area contributed by atoms with Crippen LogP contribution in [0.4, 0.5) is 0 Å². The van der Waals surface area contributed by atoms with Crippen LogP contribution in [-0.2, 0) is 4.74 Å². The first-order chi connectivity index (χ1) is 10.6. The van der Waals surface area contributed by atoms with E-state index >= 15 is 0 Å². The van der Waals surface area contributed by atoms with Crippen molar-refractivity contribution >= 4 is 43.7 Å². The minimum Gasteiger partial charge on any atom is -0.460 e. The number of rotatable bonds is 5. The number of esters is 1. The van der Waals surface area contributed by atoms with Gasteiger partial charge in [0.15, 0.2) is 0 Å². The maximum Gasteiger partial charge on any atom is 0.338 e. The number of carbonyl (C=O) groups is 2. The van der Waals surface area contributed by atoms with Crippen LogP contribution >= 0.6 is 31.9 Å². The van der Waals surface area contributed by atoms with Crippen molar-refractivity contribution < 1.29 is 14.3 Å². The van der Waals surface area contributed by atoms with Gasteiger partial charge in [-0.1, -0.05) is 31.9 Å². The lowest BCUT2D eigenvalue weighted by Crippen LogP contribution is -2.28. The summed E-state index contributed by atoms with van der Waals surface area (Å²) >= 11 is 6.61. The van der Waals surface area contributed by atoms with Gasteiger partial charge in [0, 0.05) is 14.5 Å². The molecule has 0 bridgehead atoms. The zero-order valence-corrected chi connectivity index (χ0v) is 14.7. The fourth-order valence-corrected chi connectivity index (χ4v) is 2.21. The molecule has 114 valence electrons. The molecule has 0 unspecified atom stereocenters. The largest absolute Gasteiger partial charge is 0.460 e. The Morgan fingerprint density at radius 2 is 1.36 bits per heavy atom. The summed E-state index contributed by atoms with van der Waals surface area (Å²) in [4.78, 5) is 23.6. The number of amides is 1. The Labute approximate surface area is 145 Å². The van der Waals surface area contributed by atoms with E-state index < -0.39 is 5.97 Å². The second-order valence-electron chi connectivity index (χ2n) is 4.41. The maximum atomic E-state index is 11.8. The molecule has 2 aromatic carbocycles. The van der Waals surface area contributed by atoms with Gasteiger partial charge in [0.1, 0.15) is 6.61 Å². The van der Waals surface area contributed by atoms with Crippen LogP contribution < -0.4 is 5.32 Å². The first kappa shape index (κ1) is 16.7. The average Bonchev–Trinajstić information content (AvgIpc) is 2.52. The van der Waals surface area contributed by atoms with Gasteiger partial charge in [-0.3, -0.25) is 4.79 Å². The molecule has 0 atom stereocenters. The monoisotopic (exact) mass is 425 g/mol. The van der Waals surface area contributed by atoms with Crippen molar-refractivity contribution in [1.82, 2.24) is 5.32 Å². The summed E-state index contributed by atoms with van der Waals surface area (Å²) in [5.74, 6) is -0.613. The van der Waals surface area contributed by atoms with Crippen LogP contribution in [0, 0.1) is 0 Å². The summed E-state index contributed by atoms with van der Waals surface area (Å²) in [6.45, 7) is 0.383. The summed E-state index contributed by atoms with van der Waals surface area (Å²) < 4.78 is 6.90. The molecule has 2 aromatic rings. The van der Waals surface area contributed by atoms with Crippen molar-refractivity contribution in [3.05, 3.63) is 68.6 Å². The summed E-state index contributed by atoms with van der Waals surface area (Å²) in [7, 11) is 0. The number of carbonyl (C=O) groups excluding carboxylic acids is 2. The van der Waals surface area contributed by atoms with Crippen LogP contribution in [0.15, 0.2) is 57.5 Å². The van der Waals surface area contributed by atoms with Gasteiger partial charge >= 0.3 is 5.97 Å². The predicted molar refractivity (Wildman–Crippen MR) is 90.9 cm³/mol. The molecule has 0 saturated heterocycles. The van der Waals surface area contributed by atoms with Crippen LogP contribution in [0.2, 0.25) is 0 Å². The van der Waals surface area contributed by atoms with Crippen molar-refractivity contribution in [3.8, 4) is 0 Å². The summed E-state index contributed by atoms with van der Waals surface area (Å²) in [6, 6.07) is 13.9. The molecule has 0 aromatic heterocycles. The second kappa shape index (κ2) is 8.10. The Hall–Kier alpha value is -1.66. The third-order valence-corrected chi connectivity index (χ3v) is 3.86. The SMILES string of the molecule is O=C(NCCOC(=O)c1ccc(Br)cc1)c1ccc(Br)cc1. The molecule has 6 heteroatoms. The Morgan fingerprint density at radius 1 is 0.864 bits per heavy atom. The zero-order chi connectivity index (χ0) is 15.9. The molecule has 0 saturated carbocycles. The number of benzene rings is 2. The second-order valence-corrected chi connectivity index (χ2v) is 6.24. The summed E-state index contributed by atoms with van der Waals surface area (Å²) in [6.07, 6.45) is 0. The lowest BCUT2D eigenvalue weighted by Gasteiger charge is -2.07. The number of hydrogen-bond donors (Lipinski definition) is 1. The number of halogens is 2. The van der Waals surface area contributed by atoms with Gasteiger partial charge in [0.2, 0.25) is 0 Å². The van der Waals surface area contributed by atoms with E-state index in [1.54, 1.807) is 48.5 Å². The van der Waals surface area contributed by atoms with Gasteiger partial charge in [-0.25, -0.2) is 4.79 Å². The van der Waals surface area contributed by atoms with E-state index in [1.807, 2.05) is 0 Å². The van der Waals surface area contributed by atoms with Crippen LogP contribution in [0.1, 0.15) is 20.7 Å². The van der Waals surface area contributed by atoms with Crippen LogP contribution in [0.3, 0.4) is 0 Å². The molecule has 0 radical (unpaired) electrons. The van der Waals surface area contributed by atoms with E-state index in [4.69, 9.17) is 4.74 Å². The van der Waals surface area contributed by atoms with Crippen molar-refractivity contribution in [2.24, 2.45) is 0 Å². The highest BCUT2D eigenvalue weighted by molar-refractivity contribution is 9.10. The van der Waals surface area contributed by atoms with Gasteiger partial charge in [-0.05, 0) is 48.5 Å².